The largest absolute Gasteiger partial charge is 0.355 e. The van der Waals surface area contributed by atoms with E-state index in [4.69, 9.17) is 0 Å². The molecule has 0 radical (unpaired) electrons. The number of aryl methyl sites for hydroxylation is 3. The van der Waals surface area contributed by atoms with E-state index in [9.17, 15) is 4.79 Å². The quantitative estimate of drug-likeness (QED) is 0.851. The third-order valence-corrected chi connectivity index (χ3v) is 5.40. The molecule has 1 aliphatic heterocycles. The molecule has 2 heterocycles. The molecule has 0 bridgehead atoms. The monoisotopic (exact) mass is 309 g/mol. The van der Waals surface area contributed by atoms with Crippen LogP contribution >= 0.6 is 11.3 Å². The second-order valence-corrected chi connectivity index (χ2v) is 7.28. The fourth-order valence-corrected chi connectivity index (χ4v) is 3.77. The number of aromatic nitrogens is 1. The lowest BCUT2D eigenvalue weighted by Crippen LogP contribution is -2.45. The van der Waals surface area contributed by atoms with Gasteiger partial charge in [-0.2, -0.15) is 0 Å². The van der Waals surface area contributed by atoms with Crippen molar-refractivity contribution >= 4 is 17.2 Å². The van der Waals surface area contributed by atoms with E-state index in [2.05, 4.69) is 36.1 Å². The van der Waals surface area contributed by atoms with Gasteiger partial charge >= 0.3 is 0 Å². The Kier molecular flexibility index (Phi) is 6.18. The van der Waals surface area contributed by atoms with Gasteiger partial charge in [-0.1, -0.05) is 12.8 Å². The number of hydrogen-bond donors (Lipinski definition) is 1. The molecule has 0 aliphatic carbocycles. The number of rotatable bonds is 5. The van der Waals surface area contributed by atoms with Crippen molar-refractivity contribution in [2.45, 2.75) is 58.4 Å². The number of likely N-dealkylation sites (N-methyl/N-ethyl adjacent to an activating group) is 1. The average molecular weight is 309 g/mol. The maximum Gasteiger partial charge on any atom is 0.237 e. The molecule has 21 heavy (non-hydrogen) atoms. The first-order chi connectivity index (χ1) is 10.1. The van der Waals surface area contributed by atoms with Crippen LogP contribution in [0.15, 0.2) is 0 Å². The molecule has 1 fully saturated rings. The summed E-state index contributed by atoms with van der Waals surface area (Å²) < 4.78 is 0. The Labute approximate surface area is 132 Å². The summed E-state index contributed by atoms with van der Waals surface area (Å²) in [6.45, 7) is 5.95. The molecule has 1 aliphatic rings. The van der Waals surface area contributed by atoms with Crippen LogP contribution in [0.25, 0.3) is 0 Å². The van der Waals surface area contributed by atoms with Gasteiger partial charge in [0, 0.05) is 17.8 Å². The van der Waals surface area contributed by atoms with E-state index >= 15 is 0 Å². The maximum absolute atomic E-state index is 12.3. The summed E-state index contributed by atoms with van der Waals surface area (Å²) in [6, 6.07) is 0.0665. The summed E-state index contributed by atoms with van der Waals surface area (Å²) in [7, 11) is 2.07. The SMILES string of the molecule is Cc1nc(CCCNC(=O)[C@H]2CCCCCN2C)sc1C. The molecule has 4 nitrogen and oxygen atoms in total. The minimum absolute atomic E-state index is 0.0665. The van der Waals surface area contributed by atoms with Crippen LogP contribution in [0, 0.1) is 13.8 Å². The second-order valence-electron chi connectivity index (χ2n) is 5.99. The Morgan fingerprint density at radius 1 is 1.38 bits per heavy atom. The fraction of sp³-hybridized carbons (Fsp3) is 0.750. The topological polar surface area (TPSA) is 45.2 Å². The molecular weight excluding hydrogens is 282 g/mol. The number of hydrogen-bond acceptors (Lipinski definition) is 4. The molecule has 1 amide bonds. The predicted octanol–water partition coefficient (Wildman–Crippen LogP) is 2.68. The van der Waals surface area contributed by atoms with Crippen LogP contribution in [0.2, 0.25) is 0 Å². The second kappa shape index (κ2) is 7.90. The van der Waals surface area contributed by atoms with Crippen molar-refractivity contribution in [3.8, 4) is 0 Å². The van der Waals surface area contributed by atoms with Crippen LogP contribution in [0.3, 0.4) is 0 Å². The minimum Gasteiger partial charge on any atom is -0.355 e. The number of nitrogens with one attached hydrogen (secondary N) is 1. The zero-order valence-electron chi connectivity index (χ0n) is 13.4. The van der Waals surface area contributed by atoms with Crippen molar-refractivity contribution in [2.75, 3.05) is 20.1 Å². The third kappa shape index (κ3) is 4.78. The van der Waals surface area contributed by atoms with Crippen LogP contribution in [0.5, 0.6) is 0 Å². The van der Waals surface area contributed by atoms with Gasteiger partial charge in [0.1, 0.15) is 0 Å². The molecule has 1 aromatic heterocycles. The Balaban J connectivity index is 1.71. The van der Waals surface area contributed by atoms with E-state index in [-0.39, 0.29) is 11.9 Å². The van der Waals surface area contributed by atoms with E-state index in [1.54, 1.807) is 11.3 Å². The zero-order valence-corrected chi connectivity index (χ0v) is 14.3. The maximum atomic E-state index is 12.3. The summed E-state index contributed by atoms with van der Waals surface area (Å²) in [5.74, 6) is 0.200. The summed E-state index contributed by atoms with van der Waals surface area (Å²) in [5, 5.41) is 4.28. The van der Waals surface area contributed by atoms with Crippen molar-refractivity contribution < 1.29 is 4.79 Å². The van der Waals surface area contributed by atoms with Gasteiger partial charge in [-0.05, 0) is 46.7 Å². The molecule has 1 saturated heterocycles. The first-order valence-electron chi connectivity index (χ1n) is 7.99. The van der Waals surface area contributed by atoms with Gasteiger partial charge in [-0.25, -0.2) is 4.98 Å². The number of thiazole rings is 1. The molecule has 1 N–H and O–H groups in total. The van der Waals surface area contributed by atoms with Gasteiger partial charge in [0.2, 0.25) is 5.91 Å². The molecule has 118 valence electrons. The molecule has 5 heteroatoms. The van der Waals surface area contributed by atoms with E-state index < -0.39 is 0 Å². The van der Waals surface area contributed by atoms with Gasteiger partial charge in [-0.15, -0.1) is 11.3 Å². The van der Waals surface area contributed by atoms with E-state index in [0.29, 0.717) is 0 Å². The normalized spacial score (nSPS) is 20.2. The van der Waals surface area contributed by atoms with Crippen LogP contribution in [0.4, 0.5) is 0 Å². The van der Waals surface area contributed by atoms with Crippen LogP contribution in [0.1, 0.15) is 47.7 Å². The summed E-state index contributed by atoms with van der Waals surface area (Å²) in [5.41, 5.74) is 1.14. The lowest BCUT2D eigenvalue weighted by atomic mass is 10.1. The molecule has 2 rings (SSSR count). The first-order valence-corrected chi connectivity index (χ1v) is 8.80. The van der Waals surface area contributed by atoms with Gasteiger partial charge in [0.25, 0.3) is 0 Å². The molecule has 0 aromatic carbocycles. The number of amides is 1. The number of nitrogens with zero attached hydrogens (tertiary/aromatic N) is 2. The van der Waals surface area contributed by atoms with Gasteiger partial charge in [0.05, 0.1) is 16.7 Å². The van der Waals surface area contributed by atoms with Crippen LogP contribution in [-0.2, 0) is 11.2 Å². The van der Waals surface area contributed by atoms with Gasteiger partial charge in [-0.3, -0.25) is 9.69 Å². The Hall–Kier alpha value is -0.940. The fourth-order valence-electron chi connectivity index (χ4n) is 2.80. The van der Waals surface area contributed by atoms with E-state index in [0.717, 1.165) is 38.0 Å². The van der Waals surface area contributed by atoms with Gasteiger partial charge < -0.3 is 5.32 Å². The lowest BCUT2D eigenvalue weighted by Gasteiger charge is -2.24. The molecule has 0 unspecified atom stereocenters. The highest BCUT2D eigenvalue weighted by Gasteiger charge is 2.24. The van der Waals surface area contributed by atoms with E-state index in [1.165, 1.54) is 29.1 Å². The Bertz CT molecular complexity index is 453. The average Bonchev–Trinajstić information content (AvgIpc) is 2.64. The highest BCUT2D eigenvalue weighted by atomic mass is 32.1. The molecule has 1 atom stereocenters. The summed E-state index contributed by atoms with van der Waals surface area (Å²) >= 11 is 1.77. The highest BCUT2D eigenvalue weighted by Crippen LogP contribution is 2.18. The Morgan fingerprint density at radius 3 is 2.90 bits per heavy atom. The zero-order chi connectivity index (χ0) is 15.2. The molecule has 0 saturated carbocycles. The molecule has 1 aromatic rings. The predicted molar refractivity (Wildman–Crippen MR) is 87.8 cm³/mol. The molecule has 0 spiro atoms. The van der Waals surface area contributed by atoms with Crippen molar-refractivity contribution in [3.05, 3.63) is 15.6 Å². The van der Waals surface area contributed by atoms with Gasteiger partial charge in [0.15, 0.2) is 0 Å². The first kappa shape index (κ1) is 16.4. The number of likely N-dealkylation sites (tertiary alicyclic amines) is 1. The summed E-state index contributed by atoms with van der Waals surface area (Å²) in [4.78, 5) is 20.3. The van der Waals surface area contributed by atoms with E-state index in [1.807, 2.05) is 0 Å². The third-order valence-electron chi connectivity index (χ3n) is 4.26. The Morgan fingerprint density at radius 2 is 2.19 bits per heavy atom. The van der Waals surface area contributed by atoms with Crippen LogP contribution < -0.4 is 5.32 Å². The smallest absolute Gasteiger partial charge is 0.237 e. The van der Waals surface area contributed by atoms with Crippen molar-refractivity contribution in [1.82, 2.24) is 15.2 Å². The number of carbonyl (C=O) groups is 1. The van der Waals surface area contributed by atoms with Crippen LogP contribution in [-0.4, -0.2) is 42.0 Å². The van der Waals surface area contributed by atoms with Crippen molar-refractivity contribution in [3.63, 3.8) is 0 Å². The molecular formula is C16H27N3OS. The van der Waals surface area contributed by atoms with Crippen molar-refractivity contribution in [1.29, 1.82) is 0 Å². The number of carbonyl (C=O) groups excluding carboxylic acids is 1. The van der Waals surface area contributed by atoms with Crippen molar-refractivity contribution in [2.24, 2.45) is 0 Å². The standard InChI is InChI=1S/C16H27N3OS/c1-12-13(2)21-15(18-12)9-7-10-17-16(20)14-8-5-4-6-11-19(14)3/h14H,4-11H2,1-3H3,(H,17,20)/t14-/m1/s1. The lowest BCUT2D eigenvalue weighted by molar-refractivity contribution is -0.126. The summed E-state index contributed by atoms with van der Waals surface area (Å²) in [6.07, 6.45) is 6.54. The highest BCUT2D eigenvalue weighted by molar-refractivity contribution is 7.11. The minimum atomic E-state index is 0.0665.